The van der Waals surface area contributed by atoms with Gasteiger partial charge in [-0.2, -0.15) is 0 Å². The molecule has 6 aromatic rings. The van der Waals surface area contributed by atoms with Gasteiger partial charge in [-0.15, -0.1) is 0 Å². The zero-order chi connectivity index (χ0) is 27.6. The Labute approximate surface area is 254 Å². The molecule has 0 aliphatic carbocycles. The van der Waals surface area contributed by atoms with Crippen LogP contribution in [0.25, 0.3) is 22.3 Å². The third-order valence-corrected chi connectivity index (χ3v) is 5.97. The number of pyridine rings is 4. The minimum Gasteiger partial charge on any atom is -0.443 e. The summed E-state index contributed by atoms with van der Waals surface area (Å²) in [7, 11) is 0. The first kappa shape index (κ1) is 29.3. The zero-order valence-electron chi connectivity index (χ0n) is 22.7. The van der Waals surface area contributed by atoms with Crippen molar-refractivity contribution >= 4 is 11.6 Å². The van der Waals surface area contributed by atoms with Crippen molar-refractivity contribution in [2.24, 2.45) is 9.98 Å². The molecule has 41 heavy (non-hydrogen) atoms. The van der Waals surface area contributed by atoms with Crippen LogP contribution in [0.4, 0.5) is 11.6 Å². The molecule has 0 aliphatic heterocycles. The standard InChI is InChI=1S/2C17H14N3.Pt/c2*1-13-7-9-18-16(11-13)20-17-12-15(8-10-19-17)14-5-3-2-4-6-14;/h2*2-12H,1H3;/q2*-1;+2. The second kappa shape index (κ2) is 14.6. The third kappa shape index (κ3) is 8.66. The van der Waals surface area contributed by atoms with Crippen LogP contribution in [0.3, 0.4) is 0 Å². The van der Waals surface area contributed by atoms with E-state index in [1.807, 2.05) is 98.8 Å². The number of hydrogen-bond donors (Lipinski definition) is 0. The summed E-state index contributed by atoms with van der Waals surface area (Å²) in [5, 5.41) is 0. The predicted molar refractivity (Wildman–Crippen MR) is 159 cm³/mol. The van der Waals surface area contributed by atoms with Gasteiger partial charge in [-0.3, -0.25) is 9.97 Å². The fourth-order valence-electron chi connectivity index (χ4n) is 3.98. The van der Waals surface area contributed by atoms with Crippen molar-refractivity contribution in [3.63, 3.8) is 0 Å². The van der Waals surface area contributed by atoms with E-state index < -0.39 is 0 Å². The van der Waals surface area contributed by atoms with Gasteiger partial charge in [-0.25, -0.2) is 0 Å². The smallest absolute Gasteiger partial charge is 0.443 e. The molecule has 0 fully saturated rings. The first-order valence-corrected chi connectivity index (χ1v) is 12.9. The average Bonchev–Trinajstić information content (AvgIpc) is 2.99. The van der Waals surface area contributed by atoms with E-state index in [9.17, 15) is 0 Å². The molecule has 0 bridgehead atoms. The predicted octanol–water partition coefficient (Wildman–Crippen LogP) is 6.49. The molecular weight excluding hydrogens is 687 g/mol. The van der Waals surface area contributed by atoms with E-state index in [0.29, 0.717) is 22.6 Å². The summed E-state index contributed by atoms with van der Waals surface area (Å²) in [5.41, 5.74) is 8.14. The van der Waals surface area contributed by atoms with E-state index >= 15 is 0 Å². The Morgan fingerprint density at radius 3 is 1.29 bits per heavy atom. The van der Waals surface area contributed by atoms with Gasteiger partial charge < -0.3 is 20.0 Å². The van der Waals surface area contributed by atoms with Gasteiger partial charge in [-0.05, 0) is 71.5 Å². The molecule has 0 radical (unpaired) electrons. The Morgan fingerprint density at radius 2 is 0.902 bits per heavy atom. The van der Waals surface area contributed by atoms with Crippen molar-refractivity contribution < 1.29 is 21.1 Å². The molecule has 7 heteroatoms. The van der Waals surface area contributed by atoms with Gasteiger partial charge in [0.2, 0.25) is 0 Å². The van der Waals surface area contributed by atoms with Crippen LogP contribution in [0.2, 0.25) is 0 Å². The van der Waals surface area contributed by atoms with Gasteiger partial charge in [0.25, 0.3) is 0 Å². The van der Waals surface area contributed by atoms with Crippen LogP contribution in [0, 0.1) is 13.8 Å². The Hall–Kier alpha value is -4.67. The number of nitrogens with zero attached hydrogens (tertiary/aromatic N) is 6. The second-order valence-corrected chi connectivity index (χ2v) is 9.14. The molecule has 0 N–H and O–H groups in total. The largest absolute Gasteiger partial charge is 2.00 e. The molecule has 0 spiro atoms. The summed E-state index contributed by atoms with van der Waals surface area (Å²) in [6.07, 6.45) is 7.07. The van der Waals surface area contributed by atoms with Crippen molar-refractivity contribution in [3.05, 3.63) is 156 Å². The molecule has 0 aliphatic rings. The minimum absolute atomic E-state index is 0. The molecular formula is C34H28N6Pt. The number of aromatic nitrogens is 4. The van der Waals surface area contributed by atoms with Crippen LogP contribution in [-0.2, 0) is 21.1 Å². The molecule has 2 aromatic carbocycles. The number of rotatable bonds is 4. The van der Waals surface area contributed by atoms with Crippen LogP contribution >= 0.6 is 0 Å². The van der Waals surface area contributed by atoms with Gasteiger partial charge in [-0.1, -0.05) is 108 Å². The molecule has 6 nitrogen and oxygen atoms in total. The monoisotopic (exact) mass is 715 g/mol. The SMILES string of the molecule is Cc1ccnc(N=c2cc(-c3ccccc3)cc[n-]2)c1.Cc1ccnc(N=c2cc(-c3ccccc3)cc[n-]2)c1.[Pt+2]. The molecule has 0 saturated heterocycles. The molecule has 0 unspecified atom stereocenters. The summed E-state index contributed by atoms with van der Waals surface area (Å²) in [4.78, 5) is 26.0. The van der Waals surface area contributed by atoms with E-state index in [-0.39, 0.29) is 21.1 Å². The van der Waals surface area contributed by atoms with Gasteiger partial charge in [0.1, 0.15) is 0 Å². The van der Waals surface area contributed by atoms with Gasteiger partial charge >= 0.3 is 21.1 Å². The second-order valence-electron chi connectivity index (χ2n) is 9.14. The summed E-state index contributed by atoms with van der Waals surface area (Å²) in [5.74, 6) is 1.37. The first-order chi connectivity index (χ1) is 19.6. The van der Waals surface area contributed by atoms with E-state index in [2.05, 4.69) is 54.2 Å². The molecule has 0 saturated carbocycles. The number of benzene rings is 2. The van der Waals surface area contributed by atoms with Gasteiger partial charge in [0, 0.05) is 12.4 Å². The van der Waals surface area contributed by atoms with E-state index in [1.54, 1.807) is 24.8 Å². The molecule has 0 atom stereocenters. The first-order valence-electron chi connectivity index (χ1n) is 12.9. The molecule has 4 aromatic heterocycles. The van der Waals surface area contributed by atoms with Crippen LogP contribution in [0.1, 0.15) is 11.1 Å². The normalized spacial score (nSPS) is 11.3. The van der Waals surface area contributed by atoms with Crippen molar-refractivity contribution in [1.29, 1.82) is 0 Å². The van der Waals surface area contributed by atoms with Gasteiger partial charge in [0.15, 0.2) is 0 Å². The summed E-state index contributed by atoms with van der Waals surface area (Å²) < 4.78 is 0. The maximum atomic E-state index is 4.47. The topological polar surface area (TPSA) is 78.7 Å². The van der Waals surface area contributed by atoms with Crippen molar-refractivity contribution in [2.75, 3.05) is 0 Å². The van der Waals surface area contributed by atoms with Crippen LogP contribution < -0.4 is 20.9 Å². The summed E-state index contributed by atoms with van der Waals surface area (Å²) in [6.45, 7) is 4.04. The van der Waals surface area contributed by atoms with Crippen molar-refractivity contribution in [2.45, 2.75) is 13.8 Å². The van der Waals surface area contributed by atoms with Crippen LogP contribution in [0.15, 0.2) is 144 Å². The zero-order valence-corrected chi connectivity index (χ0v) is 25.0. The fraction of sp³-hybridized carbons (Fsp3) is 0.0588. The van der Waals surface area contributed by atoms with E-state index in [1.165, 1.54) is 0 Å². The van der Waals surface area contributed by atoms with Crippen molar-refractivity contribution in [1.82, 2.24) is 19.9 Å². The maximum absolute atomic E-state index is 4.47. The summed E-state index contributed by atoms with van der Waals surface area (Å²) >= 11 is 0. The Balaban J connectivity index is 0.000000184. The van der Waals surface area contributed by atoms with Crippen molar-refractivity contribution in [3.8, 4) is 22.3 Å². The van der Waals surface area contributed by atoms with Gasteiger partial charge in [0.05, 0.1) is 11.6 Å². The minimum atomic E-state index is 0. The third-order valence-electron chi connectivity index (χ3n) is 5.97. The average molecular weight is 716 g/mol. The quantitative estimate of drug-likeness (QED) is 0.209. The number of aryl methyl sites for hydroxylation is 2. The van der Waals surface area contributed by atoms with E-state index in [0.717, 1.165) is 33.4 Å². The molecule has 204 valence electrons. The maximum Gasteiger partial charge on any atom is 2.00 e. The Bertz CT molecular complexity index is 1690. The van der Waals surface area contributed by atoms with E-state index in [4.69, 9.17) is 0 Å². The Morgan fingerprint density at radius 1 is 0.488 bits per heavy atom. The Kier molecular flexibility index (Phi) is 10.5. The number of hydrogen-bond acceptors (Lipinski definition) is 4. The van der Waals surface area contributed by atoms with Crippen LogP contribution in [0.5, 0.6) is 0 Å². The summed E-state index contributed by atoms with van der Waals surface area (Å²) in [6, 6.07) is 36.1. The molecule has 0 amide bonds. The molecule has 4 heterocycles. The van der Waals surface area contributed by atoms with Crippen LogP contribution in [-0.4, -0.2) is 9.97 Å². The fourth-order valence-corrected chi connectivity index (χ4v) is 3.98. The molecule has 6 rings (SSSR count).